The summed E-state index contributed by atoms with van der Waals surface area (Å²) in [4.78, 5) is 0. The van der Waals surface area contributed by atoms with Gasteiger partial charge >= 0.3 is 0 Å². The summed E-state index contributed by atoms with van der Waals surface area (Å²) in [5.41, 5.74) is 1.48. The number of hydrogen-bond acceptors (Lipinski definition) is 3. The molecule has 1 aromatic heterocycles. The normalized spacial score (nSPS) is 19.4. The first kappa shape index (κ1) is 12.9. The van der Waals surface area contributed by atoms with Gasteiger partial charge in [-0.15, -0.1) is 0 Å². The summed E-state index contributed by atoms with van der Waals surface area (Å²) >= 11 is 6.12. The monoisotopic (exact) mass is 257 g/mol. The van der Waals surface area contributed by atoms with Crippen LogP contribution >= 0.6 is 11.6 Å². The molecule has 17 heavy (non-hydrogen) atoms. The highest BCUT2D eigenvalue weighted by molar-refractivity contribution is 6.31. The number of aliphatic hydroxyl groups is 1. The minimum absolute atomic E-state index is 0.0967. The molecule has 5 heteroatoms. The summed E-state index contributed by atoms with van der Waals surface area (Å²) in [5.74, 6) is 0. The molecule has 0 amide bonds. The number of hydrogen-bond donors (Lipinski definition) is 2. The van der Waals surface area contributed by atoms with Gasteiger partial charge in [0, 0.05) is 6.04 Å². The molecule has 1 unspecified atom stereocenters. The second kappa shape index (κ2) is 4.59. The van der Waals surface area contributed by atoms with E-state index in [2.05, 4.69) is 10.4 Å². The summed E-state index contributed by atoms with van der Waals surface area (Å²) in [6, 6.07) is 0.555. The molecule has 0 radical (unpaired) electrons. The molecule has 2 rings (SSSR count). The number of rotatable bonds is 5. The van der Waals surface area contributed by atoms with Crippen molar-refractivity contribution in [3.05, 3.63) is 16.4 Å². The third-order valence-electron chi connectivity index (χ3n) is 3.27. The minimum Gasteiger partial charge on any atom is -0.394 e. The van der Waals surface area contributed by atoms with E-state index in [0.717, 1.165) is 16.4 Å². The minimum atomic E-state index is -0.326. The Bertz CT molecular complexity index is 414. The maximum atomic E-state index is 9.55. The molecule has 0 aliphatic heterocycles. The molecule has 0 saturated heterocycles. The summed E-state index contributed by atoms with van der Waals surface area (Å²) in [7, 11) is 0. The fourth-order valence-corrected chi connectivity index (χ4v) is 2.16. The number of halogens is 1. The zero-order valence-corrected chi connectivity index (χ0v) is 11.4. The summed E-state index contributed by atoms with van der Waals surface area (Å²) in [6.45, 7) is 6.61. The van der Waals surface area contributed by atoms with Crippen molar-refractivity contribution in [3.8, 4) is 0 Å². The zero-order chi connectivity index (χ0) is 12.6. The largest absolute Gasteiger partial charge is 0.394 e. The number of aromatic nitrogens is 2. The summed E-state index contributed by atoms with van der Waals surface area (Å²) < 4.78 is 1.88. The molecule has 1 fully saturated rings. The van der Waals surface area contributed by atoms with Crippen molar-refractivity contribution in [3.63, 3.8) is 0 Å². The quantitative estimate of drug-likeness (QED) is 0.844. The van der Waals surface area contributed by atoms with E-state index < -0.39 is 0 Å². The van der Waals surface area contributed by atoms with Crippen LogP contribution < -0.4 is 5.32 Å². The van der Waals surface area contributed by atoms with Crippen LogP contribution in [0.15, 0.2) is 0 Å². The molecule has 0 aromatic carbocycles. The maximum Gasteiger partial charge on any atom is 0.0844 e. The van der Waals surface area contributed by atoms with E-state index in [-0.39, 0.29) is 12.1 Å². The maximum absolute atomic E-state index is 9.55. The first-order chi connectivity index (χ1) is 7.95. The zero-order valence-electron chi connectivity index (χ0n) is 10.6. The van der Waals surface area contributed by atoms with Crippen molar-refractivity contribution in [2.75, 3.05) is 6.61 Å². The molecule has 96 valence electrons. The standard InChI is InChI=1S/C12H20ClN3O/c1-8-11(13)9(2)16(15-8)6-12(3,7-17)14-10-4-5-10/h10,14,17H,4-7H2,1-3H3. The van der Waals surface area contributed by atoms with E-state index in [9.17, 15) is 5.11 Å². The Kier molecular flexibility index (Phi) is 3.48. The lowest BCUT2D eigenvalue weighted by Gasteiger charge is -2.29. The Hall–Kier alpha value is -0.580. The predicted molar refractivity (Wildman–Crippen MR) is 68.4 cm³/mol. The van der Waals surface area contributed by atoms with Crippen LogP contribution in [0.5, 0.6) is 0 Å². The third kappa shape index (κ3) is 2.81. The number of nitrogens with one attached hydrogen (secondary N) is 1. The fraction of sp³-hybridized carbons (Fsp3) is 0.750. The van der Waals surface area contributed by atoms with Gasteiger partial charge in [-0.1, -0.05) is 11.6 Å². The molecule has 1 aromatic rings. The van der Waals surface area contributed by atoms with Crippen LogP contribution in [0.25, 0.3) is 0 Å². The average molecular weight is 258 g/mol. The van der Waals surface area contributed by atoms with Crippen LogP contribution in [0.3, 0.4) is 0 Å². The van der Waals surface area contributed by atoms with E-state index in [1.807, 2.05) is 25.5 Å². The average Bonchev–Trinajstić information content (AvgIpc) is 3.05. The van der Waals surface area contributed by atoms with Gasteiger partial charge in [-0.2, -0.15) is 5.10 Å². The van der Waals surface area contributed by atoms with E-state index in [1.54, 1.807) is 0 Å². The second-order valence-corrected chi connectivity index (χ2v) is 5.66. The Morgan fingerprint density at radius 1 is 1.53 bits per heavy atom. The van der Waals surface area contributed by atoms with Gasteiger partial charge in [0.15, 0.2) is 0 Å². The van der Waals surface area contributed by atoms with Crippen LogP contribution in [0.2, 0.25) is 5.02 Å². The van der Waals surface area contributed by atoms with Gasteiger partial charge in [0.25, 0.3) is 0 Å². The van der Waals surface area contributed by atoms with Crippen molar-refractivity contribution < 1.29 is 5.11 Å². The Morgan fingerprint density at radius 2 is 2.18 bits per heavy atom. The van der Waals surface area contributed by atoms with E-state index in [0.29, 0.717) is 12.6 Å². The first-order valence-corrected chi connectivity index (χ1v) is 6.41. The highest BCUT2D eigenvalue weighted by atomic mass is 35.5. The van der Waals surface area contributed by atoms with Crippen molar-refractivity contribution in [1.82, 2.24) is 15.1 Å². The number of nitrogens with zero attached hydrogens (tertiary/aromatic N) is 2. The molecule has 4 nitrogen and oxygen atoms in total. The molecule has 2 N–H and O–H groups in total. The van der Waals surface area contributed by atoms with Gasteiger partial charge < -0.3 is 10.4 Å². The van der Waals surface area contributed by atoms with Gasteiger partial charge in [0.1, 0.15) is 0 Å². The Labute approximate surface area is 107 Å². The van der Waals surface area contributed by atoms with Crippen molar-refractivity contribution in [2.45, 2.75) is 51.7 Å². The molecule has 0 spiro atoms. The first-order valence-electron chi connectivity index (χ1n) is 6.03. The fourth-order valence-electron chi connectivity index (χ4n) is 2.02. The molecule has 0 bridgehead atoms. The Balaban J connectivity index is 2.13. The van der Waals surface area contributed by atoms with E-state index >= 15 is 0 Å². The highest BCUT2D eigenvalue weighted by Crippen LogP contribution is 2.25. The molecular weight excluding hydrogens is 238 g/mol. The van der Waals surface area contributed by atoms with Gasteiger partial charge in [0.2, 0.25) is 0 Å². The van der Waals surface area contributed by atoms with E-state index in [1.165, 1.54) is 12.8 Å². The molecule has 1 aliphatic carbocycles. The van der Waals surface area contributed by atoms with Crippen molar-refractivity contribution >= 4 is 11.6 Å². The van der Waals surface area contributed by atoms with E-state index in [4.69, 9.17) is 11.6 Å². The van der Waals surface area contributed by atoms with Crippen LogP contribution in [0, 0.1) is 13.8 Å². The lowest BCUT2D eigenvalue weighted by atomic mass is 10.0. The van der Waals surface area contributed by atoms with Gasteiger partial charge in [-0.05, 0) is 33.6 Å². The molecule has 1 aliphatic rings. The van der Waals surface area contributed by atoms with Gasteiger partial charge in [-0.3, -0.25) is 4.68 Å². The summed E-state index contributed by atoms with van der Waals surface area (Å²) in [6.07, 6.45) is 2.40. The predicted octanol–water partition coefficient (Wildman–Crippen LogP) is 1.66. The van der Waals surface area contributed by atoms with Gasteiger partial charge in [-0.25, -0.2) is 0 Å². The number of aryl methyl sites for hydroxylation is 1. The topological polar surface area (TPSA) is 50.1 Å². The van der Waals surface area contributed by atoms with Crippen LogP contribution in [-0.4, -0.2) is 33.1 Å². The van der Waals surface area contributed by atoms with Crippen LogP contribution in [0.4, 0.5) is 0 Å². The smallest absolute Gasteiger partial charge is 0.0844 e. The Morgan fingerprint density at radius 3 is 2.59 bits per heavy atom. The van der Waals surface area contributed by atoms with Crippen molar-refractivity contribution in [2.24, 2.45) is 0 Å². The lowest BCUT2D eigenvalue weighted by molar-refractivity contribution is 0.150. The highest BCUT2D eigenvalue weighted by Gasteiger charge is 2.33. The van der Waals surface area contributed by atoms with Gasteiger partial charge in [0.05, 0.1) is 35.1 Å². The van der Waals surface area contributed by atoms with Crippen LogP contribution in [0.1, 0.15) is 31.2 Å². The molecule has 1 saturated carbocycles. The lowest BCUT2D eigenvalue weighted by Crippen LogP contribution is -2.50. The third-order valence-corrected chi connectivity index (χ3v) is 3.82. The van der Waals surface area contributed by atoms with Crippen LogP contribution in [-0.2, 0) is 6.54 Å². The molecule has 1 atom stereocenters. The second-order valence-electron chi connectivity index (χ2n) is 5.28. The molecular formula is C12H20ClN3O. The number of aliphatic hydroxyl groups excluding tert-OH is 1. The SMILES string of the molecule is Cc1nn(CC(C)(CO)NC2CC2)c(C)c1Cl. The molecule has 1 heterocycles. The van der Waals surface area contributed by atoms with Crippen molar-refractivity contribution in [1.29, 1.82) is 0 Å². The summed E-state index contributed by atoms with van der Waals surface area (Å²) in [5, 5.41) is 18.1.